The third kappa shape index (κ3) is 6.54. The highest BCUT2D eigenvalue weighted by Crippen LogP contribution is 2.33. The number of alkyl carbamates (subject to hydrolysis) is 1. The molecule has 198 valence electrons. The van der Waals surface area contributed by atoms with Crippen LogP contribution in [0.5, 0.6) is 0 Å². The number of nitrogens with one attached hydrogen (secondary N) is 2. The molecule has 0 fully saturated rings. The van der Waals surface area contributed by atoms with Gasteiger partial charge in [0.1, 0.15) is 0 Å². The topological polar surface area (TPSA) is 114 Å². The molecule has 3 aromatic carbocycles. The fourth-order valence-electron chi connectivity index (χ4n) is 4.11. The maximum atomic E-state index is 13.6. The van der Waals surface area contributed by atoms with Crippen molar-refractivity contribution in [1.82, 2.24) is 15.5 Å². The van der Waals surface area contributed by atoms with E-state index in [4.69, 9.17) is 5.73 Å². The average Bonchev–Trinajstić information content (AvgIpc) is 3.03. The average molecular weight is 533 g/mol. The smallest absolute Gasteiger partial charge is 0.407 e. The number of nitrogens with two attached hydrogens (primary N) is 1. The van der Waals surface area contributed by atoms with Crippen molar-refractivity contribution >= 4 is 29.7 Å². The van der Waals surface area contributed by atoms with Crippen LogP contribution < -0.4 is 16.4 Å². The van der Waals surface area contributed by atoms with Crippen molar-refractivity contribution in [2.45, 2.75) is 49.3 Å². The second-order valence-electron chi connectivity index (χ2n) is 9.69. The first kappa shape index (κ1) is 27.2. The van der Waals surface area contributed by atoms with Crippen LogP contribution in [0, 0.1) is 0 Å². The Hall–Kier alpha value is -3.82. The fraction of sp³-hybridized carbons (Fsp3) is 0.276. The van der Waals surface area contributed by atoms with Gasteiger partial charge in [-0.3, -0.25) is 9.59 Å². The van der Waals surface area contributed by atoms with E-state index >= 15 is 0 Å². The summed E-state index contributed by atoms with van der Waals surface area (Å²) in [6.45, 7) is 4.40. The molecule has 3 aromatic rings. The summed E-state index contributed by atoms with van der Waals surface area (Å²) in [7, 11) is 1.33. The third-order valence-electron chi connectivity index (χ3n) is 6.23. The highest BCUT2D eigenvalue weighted by atomic mass is 32.2. The molecule has 0 spiro atoms. The predicted molar refractivity (Wildman–Crippen MR) is 148 cm³/mol. The van der Waals surface area contributed by atoms with E-state index in [1.54, 1.807) is 18.7 Å². The van der Waals surface area contributed by atoms with E-state index in [-0.39, 0.29) is 11.8 Å². The number of methoxy groups -OCH3 is 1. The lowest BCUT2D eigenvalue weighted by atomic mass is 9.98. The maximum absolute atomic E-state index is 13.6. The largest absolute Gasteiger partial charge is 0.453 e. The van der Waals surface area contributed by atoms with E-state index in [9.17, 15) is 14.4 Å². The minimum absolute atomic E-state index is 0.174. The Bertz CT molecular complexity index is 1320. The molecule has 1 aliphatic heterocycles. The molecule has 0 bridgehead atoms. The first-order valence-electron chi connectivity index (χ1n) is 12.3. The highest BCUT2D eigenvalue weighted by Gasteiger charge is 2.34. The molecule has 38 heavy (non-hydrogen) atoms. The zero-order valence-corrected chi connectivity index (χ0v) is 22.5. The van der Waals surface area contributed by atoms with Gasteiger partial charge in [0.15, 0.2) is 5.37 Å². The Kier molecular flexibility index (Phi) is 8.38. The molecule has 0 saturated carbocycles. The molecule has 0 aliphatic carbocycles. The molecule has 4 N–H and O–H groups in total. The Balaban J connectivity index is 1.55. The van der Waals surface area contributed by atoms with E-state index in [2.05, 4.69) is 15.4 Å². The molecular formula is C29H32N4O4S. The third-order valence-corrected chi connectivity index (χ3v) is 7.43. The van der Waals surface area contributed by atoms with Crippen LogP contribution in [0.1, 0.15) is 30.5 Å². The van der Waals surface area contributed by atoms with Crippen molar-refractivity contribution in [1.29, 1.82) is 0 Å². The van der Waals surface area contributed by atoms with E-state index in [0.717, 1.165) is 32.7 Å². The summed E-state index contributed by atoms with van der Waals surface area (Å²) < 4.78 is 4.68. The standard InChI is InChI=1S/C29H32N4O4S/c1-29(2,30)27(35)32-25-26(34)33(18-22-9-5-7-11-24(22)38-25)17-19-12-14-20(15-13-19)23-10-6-4-8-21(23)16-31-28(36)37-3/h4-15,25H,16-18,30H2,1-3H3,(H,31,36)(H,32,35)/t25-/m1/s1. The number of ether oxygens (including phenoxy) is 1. The molecule has 8 nitrogen and oxygen atoms in total. The van der Waals surface area contributed by atoms with Gasteiger partial charge in [0, 0.05) is 24.5 Å². The zero-order chi connectivity index (χ0) is 27.3. The van der Waals surface area contributed by atoms with Crippen LogP contribution in [0.15, 0.2) is 77.7 Å². The second-order valence-corrected chi connectivity index (χ2v) is 10.8. The van der Waals surface area contributed by atoms with Gasteiger partial charge in [0.2, 0.25) is 5.91 Å². The molecule has 9 heteroatoms. The fourth-order valence-corrected chi connectivity index (χ4v) is 5.22. The zero-order valence-electron chi connectivity index (χ0n) is 21.7. The van der Waals surface area contributed by atoms with Gasteiger partial charge in [-0.15, -0.1) is 0 Å². The lowest BCUT2D eigenvalue weighted by molar-refractivity contribution is -0.135. The summed E-state index contributed by atoms with van der Waals surface area (Å²) >= 11 is 1.34. The molecule has 0 unspecified atom stereocenters. The number of fused-ring (bicyclic) bond motifs is 1. The van der Waals surface area contributed by atoms with Crippen molar-refractivity contribution in [3.63, 3.8) is 0 Å². The second kappa shape index (κ2) is 11.7. The van der Waals surface area contributed by atoms with E-state index in [1.807, 2.05) is 72.8 Å². The molecule has 1 heterocycles. The van der Waals surface area contributed by atoms with E-state index < -0.39 is 17.0 Å². The van der Waals surface area contributed by atoms with Crippen molar-refractivity contribution in [2.75, 3.05) is 7.11 Å². The van der Waals surface area contributed by atoms with Crippen LogP contribution in [0.3, 0.4) is 0 Å². The number of rotatable bonds is 7. The number of carbonyl (C=O) groups is 3. The first-order chi connectivity index (χ1) is 18.2. The molecule has 0 saturated heterocycles. The SMILES string of the molecule is COC(=O)NCc1ccccc1-c1ccc(CN2Cc3ccccc3S[C@@H](NC(=O)C(C)(C)N)C2=O)cc1. The van der Waals surface area contributed by atoms with Gasteiger partial charge in [-0.25, -0.2) is 4.79 Å². The molecular weight excluding hydrogens is 500 g/mol. The van der Waals surface area contributed by atoms with Crippen LogP contribution in [0.4, 0.5) is 4.79 Å². The van der Waals surface area contributed by atoms with Gasteiger partial charge in [0.25, 0.3) is 5.91 Å². The number of nitrogens with zero attached hydrogens (tertiary/aromatic N) is 1. The van der Waals surface area contributed by atoms with Gasteiger partial charge in [-0.2, -0.15) is 0 Å². The molecule has 0 aromatic heterocycles. The Morgan fingerprint density at radius 1 is 1.05 bits per heavy atom. The maximum Gasteiger partial charge on any atom is 0.407 e. The Labute approximate surface area is 226 Å². The lowest BCUT2D eigenvalue weighted by Gasteiger charge is -2.27. The van der Waals surface area contributed by atoms with Gasteiger partial charge in [0.05, 0.1) is 12.6 Å². The normalized spacial score (nSPS) is 15.3. The molecule has 1 atom stereocenters. The quantitative estimate of drug-likeness (QED) is 0.424. The predicted octanol–water partition coefficient (Wildman–Crippen LogP) is 4.02. The van der Waals surface area contributed by atoms with Gasteiger partial charge < -0.3 is 26.0 Å². The Morgan fingerprint density at radius 3 is 2.45 bits per heavy atom. The van der Waals surface area contributed by atoms with Gasteiger partial charge in [-0.1, -0.05) is 78.5 Å². The molecule has 4 rings (SSSR count). The first-order valence-corrected chi connectivity index (χ1v) is 13.2. The number of hydrogen-bond acceptors (Lipinski definition) is 6. The minimum atomic E-state index is -1.10. The van der Waals surface area contributed by atoms with Crippen LogP contribution in [0.2, 0.25) is 0 Å². The van der Waals surface area contributed by atoms with E-state index in [0.29, 0.717) is 19.6 Å². The number of hydrogen-bond donors (Lipinski definition) is 3. The molecule has 3 amide bonds. The highest BCUT2D eigenvalue weighted by molar-refractivity contribution is 8.00. The van der Waals surface area contributed by atoms with Crippen LogP contribution in [0.25, 0.3) is 11.1 Å². The van der Waals surface area contributed by atoms with E-state index in [1.165, 1.54) is 18.9 Å². The lowest BCUT2D eigenvalue weighted by Crippen LogP contribution is -2.54. The van der Waals surface area contributed by atoms with Crippen molar-refractivity contribution in [3.8, 4) is 11.1 Å². The van der Waals surface area contributed by atoms with Crippen LogP contribution in [-0.4, -0.2) is 40.8 Å². The van der Waals surface area contributed by atoms with Gasteiger partial charge >= 0.3 is 6.09 Å². The Morgan fingerprint density at radius 2 is 1.74 bits per heavy atom. The summed E-state index contributed by atoms with van der Waals surface area (Å²) in [5.41, 5.74) is 9.81. The molecule has 0 radical (unpaired) electrons. The summed E-state index contributed by atoms with van der Waals surface area (Å²) in [4.78, 5) is 40.4. The van der Waals surface area contributed by atoms with Crippen molar-refractivity contribution < 1.29 is 19.1 Å². The summed E-state index contributed by atoms with van der Waals surface area (Å²) in [5.74, 6) is -0.556. The van der Waals surface area contributed by atoms with Crippen molar-refractivity contribution in [2.24, 2.45) is 5.73 Å². The molecule has 1 aliphatic rings. The summed E-state index contributed by atoms with van der Waals surface area (Å²) in [6, 6.07) is 23.7. The minimum Gasteiger partial charge on any atom is -0.453 e. The van der Waals surface area contributed by atoms with Gasteiger partial charge in [-0.05, 0) is 47.7 Å². The monoisotopic (exact) mass is 532 g/mol. The van der Waals surface area contributed by atoms with Crippen LogP contribution >= 0.6 is 11.8 Å². The number of amides is 3. The number of thioether (sulfide) groups is 1. The van der Waals surface area contributed by atoms with Crippen LogP contribution in [-0.2, 0) is 34.0 Å². The number of benzene rings is 3. The number of carbonyl (C=O) groups excluding carboxylic acids is 3. The summed E-state index contributed by atoms with van der Waals surface area (Å²) in [5, 5.41) is 4.78. The summed E-state index contributed by atoms with van der Waals surface area (Å²) in [6.07, 6.45) is -0.485. The van der Waals surface area contributed by atoms with Crippen molar-refractivity contribution in [3.05, 3.63) is 89.5 Å².